The lowest BCUT2D eigenvalue weighted by molar-refractivity contribution is -0.116. The minimum Gasteiger partial charge on any atom is -0.412 e. The van der Waals surface area contributed by atoms with Crippen LogP contribution in [-0.2, 0) is 9.59 Å². The summed E-state index contributed by atoms with van der Waals surface area (Å²) in [5.41, 5.74) is 2.25. The molecule has 0 aromatic heterocycles. The highest BCUT2D eigenvalue weighted by Crippen LogP contribution is 2.16. The van der Waals surface area contributed by atoms with E-state index in [1.165, 1.54) is 13.8 Å². The van der Waals surface area contributed by atoms with Gasteiger partial charge >= 0.3 is 0 Å². The predicted octanol–water partition coefficient (Wildman–Crippen LogP) is 4.12. The summed E-state index contributed by atoms with van der Waals surface area (Å²) in [7, 11) is 0. The van der Waals surface area contributed by atoms with Crippen LogP contribution in [0.15, 0.2) is 82.1 Å². The molecule has 0 aromatic carbocycles. The molecule has 9 nitrogen and oxygen atoms in total. The molecular weight excluding hydrogens is 448 g/mol. The minimum absolute atomic E-state index is 0. The van der Waals surface area contributed by atoms with Crippen LogP contribution in [0.3, 0.4) is 0 Å². The molecule has 192 valence electrons. The van der Waals surface area contributed by atoms with Crippen molar-refractivity contribution in [2.45, 2.75) is 66.5 Å². The van der Waals surface area contributed by atoms with Crippen LogP contribution in [0.25, 0.3) is 0 Å². The highest BCUT2D eigenvalue weighted by molar-refractivity contribution is 6.11. The zero-order chi connectivity index (χ0) is 26.1. The maximum Gasteiger partial charge on any atom is 0.243 e. The Balaban J connectivity index is 0.000000642. The number of hydrogen-bond acceptors (Lipinski definition) is 6. The molecule has 0 spiro atoms. The van der Waals surface area contributed by atoms with E-state index in [2.05, 4.69) is 9.98 Å². The summed E-state index contributed by atoms with van der Waals surface area (Å²) in [6.45, 7) is 14.3. The molecule has 0 saturated carbocycles. The van der Waals surface area contributed by atoms with Crippen LogP contribution in [-0.4, -0.2) is 60.3 Å². The van der Waals surface area contributed by atoms with E-state index >= 15 is 0 Å². The summed E-state index contributed by atoms with van der Waals surface area (Å²) >= 11 is 0. The Morgan fingerprint density at radius 1 is 0.657 bits per heavy atom. The van der Waals surface area contributed by atoms with Crippen LogP contribution in [0.2, 0.25) is 0 Å². The third kappa shape index (κ3) is 12.6. The molecule has 0 fully saturated rings. The Morgan fingerprint density at radius 3 is 1.11 bits per heavy atom. The number of hydroxylamine groups is 4. The van der Waals surface area contributed by atoms with Crippen LogP contribution in [0.1, 0.15) is 55.4 Å². The Bertz CT molecular complexity index is 895. The van der Waals surface area contributed by atoms with E-state index in [1.54, 1.807) is 61.0 Å². The molecule has 0 atom stereocenters. The number of allylic oxidation sites excluding steroid dienone is 10. The molecule has 4 N–H and O–H groups in total. The van der Waals surface area contributed by atoms with Crippen molar-refractivity contribution >= 4 is 23.2 Å². The molecule has 2 aliphatic rings. The standard InChI is InChI=1S/2C13H18N2O2.H2O/c2*1-10(16)14-12-7-5-11(6-8-12)9-15(17)13(2,3)4;/h2*5-9,17H,1-4H3;1H2. The monoisotopic (exact) mass is 486 g/mol. The molecule has 2 rings (SSSR count). The first-order valence-corrected chi connectivity index (χ1v) is 10.9. The first-order valence-electron chi connectivity index (χ1n) is 10.9. The average molecular weight is 487 g/mol. The van der Waals surface area contributed by atoms with E-state index in [0.29, 0.717) is 11.4 Å². The van der Waals surface area contributed by atoms with Crippen molar-refractivity contribution < 1.29 is 25.5 Å². The number of rotatable bonds is 2. The third-order valence-electron chi connectivity index (χ3n) is 4.28. The maximum atomic E-state index is 10.8. The van der Waals surface area contributed by atoms with Gasteiger partial charge < -0.3 is 5.48 Å². The van der Waals surface area contributed by atoms with E-state index in [1.807, 2.05) is 41.5 Å². The first-order chi connectivity index (χ1) is 15.6. The molecule has 0 radical (unpaired) electrons. The fourth-order valence-electron chi connectivity index (χ4n) is 2.30. The van der Waals surface area contributed by atoms with Gasteiger partial charge in [0.25, 0.3) is 0 Å². The molecular formula is C26H38N4O5. The van der Waals surface area contributed by atoms with Crippen molar-refractivity contribution in [3.05, 3.63) is 72.2 Å². The van der Waals surface area contributed by atoms with Gasteiger partial charge in [-0.25, -0.2) is 9.98 Å². The Kier molecular flexibility index (Phi) is 12.2. The number of nitrogens with zero attached hydrogens (tertiary/aromatic N) is 4. The first kappa shape index (κ1) is 31.6. The van der Waals surface area contributed by atoms with Gasteiger partial charge in [-0.05, 0) is 77.0 Å². The zero-order valence-corrected chi connectivity index (χ0v) is 21.8. The molecule has 9 heteroatoms. The lowest BCUT2D eigenvalue weighted by Gasteiger charge is -2.28. The second kappa shape index (κ2) is 13.5. The van der Waals surface area contributed by atoms with Gasteiger partial charge in [-0.3, -0.25) is 30.1 Å². The molecule has 35 heavy (non-hydrogen) atoms. The van der Waals surface area contributed by atoms with Crippen molar-refractivity contribution in [3.8, 4) is 0 Å². The van der Waals surface area contributed by atoms with Gasteiger partial charge in [0, 0.05) is 26.2 Å². The highest BCUT2D eigenvalue weighted by Gasteiger charge is 2.17. The van der Waals surface area contributed by atoms with Gasteiger partial charge in [-0.2, -0.15) is 0 Å². The normalized spacial score (nSPS) is 14.5. The van der Waals surface area contributed by atoms with Crippen LogP contribution >= 0.6 is 0 Å². The highest BCUT2D eigenvalue weighted by atomic mass is 16.5. The van der Waals surface area contributed by atoms with E-state index in [0.717, 1.165) is 21.3 Å². The number of carbonyl (C=O) groups is 2. The Morgan fingerprint density at radius 2 is 0.914 bits per heavy atom. The number of carbonyl (C=O) groups excluding carboxylic acids is 2. The van der Waals surface area contributed by atoms with Crippen molar-refractivity contribution in [2.24, 2.45) is 9.98 Å². The van der Waals surface area contributed by atoms with E-state index in [4.69, 9.17) is 0 Å². The van der Waals surface area contributed by atoms with Gasteiger partial charge in [-0.15, -0.1) is 0 Å². The SMILES string of the molecule is CC(=O)N=C1C=CC(=CN(O)C(C)(C)C)C=C1.CC(=O)N=C1C=CC(=CN(O)C(C)(C)C)C=C1.O. The van der Waals surface area contributed by atoms with Crippen molar-refractivity contribution in [3.63, 3.8) is 0 Å². The summed E-state index contributed by atoms with van der Waals surface area (Å²) in [6.07, 6.45) is 17.4. The Labute approximate surface area is 207 Å². The summed E-state index contributed by atoms with van der Waals surface area (Å²) in [5.74, 6) is -0.444. The molecule has 2 aliphatic carbocycles. The zero-order valence-electron chi connectivity index (χ0n) is 21.8. The molecule has 0 bridgehead atoms. The van der Waals surface area contributed by atoms with E-state index in [9.17, 15) is 20.0 Å². The summed E-state index contributed by atoms with van der Waals surface area (Å²) in [4.78, 5) is 29.2. The van der Waals surface area contributed by atoms with Crippen LogP contribution in [0, 0.1) is 0 Å². The van der Waals surface area contributed by atoms with Gasteiger partial charge in [0.1, 0.15) is 0 Å². The number of aliphatic imine (C=N–C) groups is 2. The fraction of sp³-hybridized carbons (Fsp3) is 0.385. The number of hydrogen-bond donors (Lipinski definition) is 2. The van der Waals surface area contributed by atoms with Gasteiger partial charge in [0.15, 0.2) is 0 Å². The maximum absolute atomic E-state index is 10.8. The van der Waals surface area contributed by atoms with Gasteiger partial charge in [0.2, 0.25) is 11.8 Å². The second-order valence-corrected chi connectivity index (χ2v) is 9.73. The summed E-state index contributed by atoms with van der Waals surface area (Å²) in [6, 6.07) is 0. The Hall–Kier alpha value is -3.40. The summed E-state index contributed by atoms with van der Waals surface area (Å²) < 4.78 is 0. The lowest BCUT2D eigenvalue weighted by atomic mass is 10.1. The van der Waals surface area contributed by atoms with Crippen molar-refractivity contribution in [1.29, 1.82) is 0 Å². The largest absolute Gasteiger partial charge is 0.412 e. The van der Waals surface area contributed by atoms with E-state index in [-0.39, 0.29) is 28.4 Å². The second-order valence-electron chi connectivity index (χ2n) is 9.73. The fourth-order valence-corrected chi connectivity index (χ4v) is 2.30. The predicted molar refractivity (Wildman–Crippen MR) is 139 cm³/mol. The lowest BCUT2D eigenvalue weighted by Crippen LogP contribution is -2.34. The summed E-state index contributed by atoms with van der Waals surface area (Å²) in [5, 5.41) is 21.8. The van der Waals surface area contributed by atoms with E-state index < -0.39 is 0 Å². The van der Waals surface area contributed by atoms with Crippen LogP contribution in [0.5, 0.6) is 0 Å². The molecule has 0 heterocycles. The topological polar surface area (TPSA) is 137 Å². The van der Waals surface area contributed by atoms with Crippen molar-refractivity contribution in [2.75, 3.05) is 0 Å². The van der Waals surface area contributed by atoms with Crippen molar-refractivity contribution in [1.82, 2.24) is 10.1 Å². The minimum atomic E-state index is -0.345. The van der Waals surface area contributed by atoms with Gasteiger partial charge in [-0.1, -0.05) is 24.3 Å². The molecule has 0 unspecified atom stereocenters. The van der Waals surface area contributed by atoms with Crippen LogP contribution < -0.4 is 0 Å². The smallest absolute Gasteiger partial charge is 0.243 e. The molecule has 0 aliphatic heterocycles. The molecule has 0 saturated heterocycles. The molecule has 0 aromatic rings. The van der Waals surface area contributed by atoms with Gasteiger partial charge in [0.05, 0.1) is 22.5 Å². The quantitative estimate of drug-likeness (QED) is 0.563. The van der Waals surface area contributed by atoms with Crippen LogP contribution in [0.4, 0.5) is 0 Å². The third-order valence-corrected chi connectivity index (χ3v) is 4.28. The number of amides is 2. The average Bonchev–Trinajstić information content (AvgIpc) is 2.69. The molecule has 2 amide bonds.